The van der Waals surface area contributed by atoms with Crippen molar-refractivity contribution in [3.63, 3.8) is 0 Å². The number of nitrogens with zero attached hydrogens (tertiary/aromatic N) is 2. The molecule has 0 aromatic heterocycles. The van der Waals surface area contributed by atoms with E-state index in [0.29, 0.717) is 13.1 Å². The van der Waals surface area contributed by atoms with Crippen LogP contribution in [-0.4, -0.2) is 53.2 Å². The van der Waals surface area contributed by atoms with Crippen molar-refractivity contribution >= 4 is 23.4 Å². The second kappa shape index (κ2) is 4.48. The molecular weight excluding hydrogens is 240 g/mol. The van der Waals surface area contributed by atoms with Crippen LogP contribution in [0.3, 0.4) is 0 Å². The third kappa shape index (κ3) is 2.41. The van der Waals surface area contributed by atoms with Crippen LogP contribution in [0.15, 0.2) is 0 Å². The molecule has 0 unspecified atom stereocenters. The highest BCUT2D eigenvalue weighted by Crippen LogP contribution is 2.29. The van der Waals surface area contributed by atoms with Gasteiger partial charge in [-0.25, -0.2) is 0 Å². The minimum absolute atomic E-state index is 0.0255. The maximum Gasteiger partial charge on any atom is 0.247 e. The monoisotopic (exact) mass is 260 g/mol. The smallest absolute Gasteiger partial charge is 0.247 e. The summed E-state index contributed by atoms with van der Waals surface area (Å²) in [6.45, 7) is 8.32. The molecular formula is C12H21ClN2O2. The number of halogens is 1. The summed E-state index contributed by atoms with van der Waals surface area (Å²) in [6, 6.07) is 0. The molecule has 0 spiro atoms. The van der Waals surface area contributed by atoms with Gasteiger partial charge < -0.3 is 9.80 Å². The highest BCUT2D eigenvalue weighted by Gasteiger charge is 2.46. The summed E-state index contributed by atoms with van der Waals surface area (Å²) in [6.07, 6.45) is 0. The van der Waals surface area contributed by atoms with E-state index in [2.05, 4.69) is 0 Å². The number of alkyl halides is 1. The summed E-state index contributed by atoms with van der Waals surface area (Å²) in [7, 11) is 1.76. The zero-order chi connectivity index (χ0) is 13.4. The van der Waals surface area contributed by atoms with E-state index >= 15 is 0 Å². The number of carbonyl (C=O) groups excluding carboxylic acids is 2. The van der Waals surface area contributed by atoms with Gasteiger partial charge in [0.05, 0.1) is 5.41 Å². The first-order chi connectivity index (χ1) is 7.64. The van der Waals surface area contributed by atoms with Crippen molar-refractivity contribution in [3.8, 4) is 0 Å². The van der Waals surface area contributed by atoms with Gasteiger partial charge in [-0.1, -0.05) is 0 Å². The molecule has 98 valence electrons. The van der Waals surface area contributed by atoms with Gasteiger partial charge >= 0.3 is 0 Å². The summed E-state index contributed by atoms with van der Waals surface area (Å²) in [5.41, 5.74) is -1.41. The molecule has 17 heavy (non-hydrogen) atoms. The van der Waals surface area contributed by atoms with Crippen molar-refractivity contribution in [2.75, 3.05) is 26.0 Å². The van der Waals surface area contributed by atoms with Gasteiger partial charge in [-0.05, 0) is 27.7 Å². The first-order valence-electron chi connectivity index (χ1n) is 5.78. The van der Waals surface area contributed by atoms with Crippen LogP contribution in [0.25, 0.3) is 0 Å². The fourth-order valence-corrected chi connectivity index (χ4v) is 2.11. The zero-order valence-corrected chi connectivity index (χ0v) is 12.0. The fourth-order valence-electron chi connectivity index (χ4n) is 1.99. The highest BCUT2D eigenvalue weighted by atomic mass is 35.5. The number of hydrogen-bond donors (Lipinski definition) is 0. The van der Waals surface area contributed by atoms with Gasteiger partial charge in [0.15, 0.2) is 0 Å². The molecule has 0 bridgehead atoms. The number of likely N-dealkylation sites (N-methyl/N-ethyl adjacent to an activating group) is 1. The molecule has 5 heteroatoms. The largest absolute Gasteiger partial charge is 0.342 e. The van der Waals surface area contributed by atoms with Gasteiger partial charge in [-0.15, -0.1) is 11.6 Å². The van der Waals surface area contributed by atoms with Crippen LogP contribution in [0, 0.1) is 5.41 Å². The first kappa shape index (κ1) is 14.3. The van der Waals surface area contributed by atoms with Gasteiger partial charge in [-0.3, -0.25) is 9.59 Å². The molecule has 1 heterocycles. The summed E-state index contributed by atoms with van der Waals surface area (Å²) < 4.78 is 0. The van der Waals surface area contributed by atoms with Gasteiger partial charge in [0.1, 0.15) is 5.54 Å². The second-order valence-electron chi connectivity index (χ2n) is 5.76. The molecule has 4 nitrogen and oxygen atoms in total. The summed E-state index contributed by atoms with van der Waals surface area (Å²) in [5.74, 6) is 0.170. The Morgan fingerprint density at radius 2 is 1.94 bits per heavy atom. The third-order valence-electron chi connectivity index (χ3n) is 3.36. The van der Waals surface area contributed by atoms with Gasteiger partial charge in [-0.2, -0.15) is 0 Å². The second-order valence-corrected chi connectivity index (χ2v) is 6.03. The first-order valence-corrected chi connectivity index (χ1v) is 6.31. The van der Waals surface area contributed by atoms with E-state index in [0.717, 1.165) is 0 Å². The van der Waals surface area contributed by atoms with E-state index in [-0.39, 0.29) is 17.7 Å². The predicted molar refractivity (Wildman–Crippen MR) is 67.9 cm³/mol. The predicted octanol–water partition coefficient (Wildman–Crippen LogP) is 1.33. The Morgan fingerprint density at radius 1 is 1.41 bits per heavy atom. The van der Waals surface area contributed by atoms with Crippen LogP contribution in [0.5, 0.6) is 0 Å². The fraction of sp³-hybridized carbons (Fsp3) is 0.833. The molecule has 1 fully saturated rings. The SMILES string of the molecule is CN1CCN(C(=O)C(C)(C)CCl)C(C)(C)C1=O. The lowest BCUT2D eigenvalue weighted by Gasteiger charge is -2.47. The molecule has 0 aliphatic carbocycles. The molecule has 1 aliphatic heterocycles. The third-order valence-corrected chi connectivity index (χ3v) is 4.03. The molecule has 0 aromatic rings. The van der Waals surface area contributed by atoms with E-state index in [1.165, 1.54) is 0 Å². The van der Waals surface area contributed by atoms with Gasteiger partial charge in [0.25, 0.3) is 0 Å². The quantitative estimate of drug-likeness (QED) is 0.703. The van der Waals surface area contributed by atoms with Crippen LogP contribution in [0.2, 0.25) is 0 Å². The van der Waals surface area contributed by atoms with Crippen LogP contribution in [-0.2, 0) is 9.59 Å². The minimum Gasteiger partial charge on any atom is -0.342 e. The van der Waals surface area contributed by atoms with Gasteiger partial charge in [0, 0.05) is 26.0 Å². The lowest BCUT2D eigenvalue weighted by molar-refractivity contribution is -0.161. The molecule has 0 saturated carbocycles. The molecule has 0 aromatic carbocycles. The van der Waals surface area contributed by atoms with Crippen LogP contribution in [0.1, 0.15) is 27.7 Å². The number of amides is 2. The Balaban J connectivity index is 3.00. The summed E-state index contributed by atoms with van der Waals surface area (Å²) in [4.78, 5) is 27.8. The molecule has 0 N–H and O–H groups in total. The highest BCUT2D eigenvalue weighted by molar-refractivity contribution is 6.20. The Morgan fingerprint density at radius 3 is 2.41 bits per heavy atom. The molecule has 2 amide bonds. The minimum atomic E-state index is -0.784. The Hall–Kier alpha value is -0.770. The lowest BCUT2D eigenvalue weighted by atomic mass is 9.89. The topological polar surface area (TPSA) is 40.6 Å². The Labute approximate surface area is 108 Å². The average Bonchev–Trinajstić information content (AvgIpc) is 2.25. The van der Waals surface area contributed by atoms with E-state index in [1.54, 1.807) is 44.5 Å². The average molecular weight is 261 g/mol. The maximum absolute atomic E-state index is 12.4. The normalized spacial score (nSPS) is 20.7. The molecule has 0 atom stereocenters. The number of piperazine rings is 1. The van der Waals surface area contributed by atoms with Gasteiger partial charge in [0.2, 0.25) is 11.8 Å². The van der Waals surface area contributed by atoms with Crippen LogP contribution in [0.4, 0.5) is 0 Å². The van der Waals surface area contributed by atoms with Crippen LogP contribution < -0.4 is 0 Å². The summed E-state index contributed by atoms with van der Waals surface area (Å²) >= 11 is 5.82. The van der Waals surface area contributed by atoms with E-state index in [4.69, 9.17) is 11.6 Å². The maximum atomic E-state index is 12.4. The molecule has 1 saturated heterocycles. The zero-order valence-electron chi connectivity index (χ0n) is 11.2. The van der Waals surface area contributed by atoms with Crippen LogP contribution >= 0.6 is 11.6 Å². The van der Waals surface area contributed by atoms with Crippen molar-refractivity contribution in [2.24, 2.45) is 5.41 Å². The number of carbonyl (C=O) groups is 2. The lowest BCUT2D eigenvalue weighted by Crippen LogP contribution is -2.65. The number of hydrogen-bond acceptors (Lipinski definition) is 2. The number of rotatable bonds is 2. The molecule has 0 radical (unpaired) electrons. The molecule has 1 rings (SSSR count). The van der Waals surface area contributed by atoms with Crippen molar-refractivity contribution in [3.05, 3.63) is 0 Å². The van der Waals surface area contributed by atoms with E-state index < -0.39 is 11.0 Å². The standard InChI is InChI=1S/C12H21ClN2O2/c1-11(2,8-13)9(16)15-7-6-14(5)10(17)12(15,3)4/h6-8H2,1-5H3. The summed E-state index contributed by atoms with van der Waals surface area (Å²) in [5, 5.41) is 0. The van der Waals surface area contributed by atoms with Crippen molar-refractivity contribution in [1.29, 1.82) is 0 Å². The Bertz CT molecular complexity index is 339. The van der Waals surface area contributed by atoms with Crippen molar-refractivity contribution in [1.82, 2.24) is 9.80 Å². The Kier molecular flexibility index (Phi) is 3.77. The van der Waals surface area contributed by atoms with E-state index in [9.17, 15) is 9.59 Å². The van der Waals surface area contributed by atoms with E-state index in [1.807, 2.05) is 0 Å². The van der Waals surface area contributed by atoms with Crippen molar-refractivity contribution < 1.29 is 9.59 Å². The van der Waals surface area contributed by atoms with Crippen molar-refractivity contribution in [2.45, 2.75) is 33.2 Å². The molecule has 1 aliphatic rings.